The number of nitrogens with zero attached hydrogens (tertiary/aromatic N) is 4. The maximum absolute atomic E-state index is 4.10. The molecule has 0 aliphatic rings. The van der Waals surface area contributed by atoms with Crippen LogP contribution in [0.5, 0.6) is 0 Å². The molecule has 24 heavy (non-hydrogen) atoms. The van der Waals surface area contributed by atoms with Gasteiger partial charge in [0, 0.05) is 12.5 Å². The van der Waals surface area contributed by atoms with Gasteiger partial charge < -0.3 is 0 Å². The van der Waals surface area contributed by atoms with Gasteiger partial charge in [-0.25, -0.2) is 4.68 Å². The normalized spacial score (nSPS) is 10.2. The van der Waals surface area contributed by atoms with E-state index in [0.29, 0.717) is 6.54 Å². The van der Waals surface area contributed by atoms with Crippen molar-refractivity contribution in [2.24, 2.45) is 0 Å². The number of aromatic nitrogens is 4. The highest BCUT2D eigenvalue weighted by atomic mass is 15.5. The second kappa shape index (κ2) is 8.04. The molecule has 0 aliphatic heterocycles. The summed E-state index contributed by atoms with van der Waals surface area (Å²) in [6, 6.07) is 20.6. The summed E-state index contributed by atoms with van der Waals surface area (Å²) in [6.07, 6.45) is 3.73. The van der Waals surface area contributed by atoms with Crippen LogP contribution in [0.25, 0.3) is 6.08 Å². The third-order valence-electron chi connectivity index (χ3n) is 3.83. The second-order valence-corrected chi connectivity index (χ2v) is 5.59. The van der Waals surface area contributed by atoms with E-state index in [2.05, 4.69) is 64.6 Å². The molecule has 0 bridgehead atoms. The Balaban J connectivity index is 1.79. The molecule has 0 spiro atoms. The molecule has 1 heterocycles. The average Bonchev–Trinajstić information content (AvgIpc) is 3.07. The molecular weight excluding hydrogens is 296 g/mol. The molecule has 0 saturated carbocycles. The van der Waals surface area contributed by atoms with Crippen molar-refractivity contribution in [3.63, 3.8) is 0 Å². The van der Waals surface area contributed by atoms with Gasteiger partial charge >= 0.3 is 0 Å². The predicted octanol–water partition coefficient (Wildman–Crippen LogP) is 3.91. The maximum Gasteiger partial charge on any atom is 0.182 e. The van der Waals surface area contributed by atoms with E-state index in [4.69, 9.17) is 0 Å². The smallest absolute Gasteiger partial charge is 0.182 e. The summed E-state index contributed by atoms with van der Waals surface area (Å²) in [4.78, 5) is 0. The molecule has 0 amide bonds. The fourth-order valence-electron chi connectivity index (χ4n) is 2.47. The Morgan fingerprint density at radius 2 is 1.67 bits per heavy atom. The van der Waals surface area contributed by atoms with Crippen LogP contribution in [0.15, 0.2) is 72.0 Å². The Morgan fingerprint density at radius 3 is 2.33 bits per heavy atom. The standard InChI is InChI=1S/C20H20N4/c1-2-17(15-18-9-5-3-6-10-18)13-14-20-21-22-23-24(20)16-19-11-7-4-8-12-19/h3-12,14H,2,15-16H2,1H3. The summed E-state index contributed by atoms with van der Waals surface area (Å²) >= 11 is 0. The molecule has 4 heteroatoms. The molecule has 0 radical (unpaired) electrons. The Kier molecular flexibility index (Phi) is 5.33. The summed E-state index contributed by atoms with van der Waals surface area (Å²) in [5, 5.41) is 12.0. The molecule has 1 aromatic heterocycles. The molecule has 120 valence electrons. The van der Waals surface area contributed by atoms with Crippen molar-refractivity contribution in [1.82, 2.24) is 20.2 Å². The molecule has 0 atom stereocenters. The molecule has 0 saturated heterocycles. The van der Waals surface area contributed by atoms with Crippen molar-refractivity contribution in [3.8, 4) is 0 Å². The Hall–Kier alpha value is -2.97. The second-order valence-electron chi connectivity index (χ2n) is 5.59. The van der Waals surface area contributed by atoms with E-state index in [1.807, 2.05) is 30.3 Å². The summed E-state index contributed by atoms with van der Waals surface area (Å²) in [6.45, 7) is 2.80. The minimum Gasteiger partial charge on any atom is -0.221 e. The first-order valence-corrected chi connectivity index (χ1v) is 8.13. The SMILES string of the molecule is CCC(=C=Cc1nnnn1Cc1ccccc1)Cc1ccccc1. The average molecular weight is 316 g/mol. The quantitative estimate of drug-likeness (QED) is 0.648. The Bertz CT molecular complexity index is 828. The minimum atomic E-state index is 0.654. The lowest BCUT2D eigenvalue weighted by Crippen LogP contribution is -2.04. The van der Waals surface area contributed by atoms with Crippen molar-refractivity contribution < 1.29 is 0 Å². The van der Waals surface area contributed by atoms with Crippen LogP contribution in [0.2, 0.25) is 0 Å². The van der Waals surface area contributed by atoms with E-state index in [1.165, 1.54) is 16.7 Å². The number of hydrogen-bond acceptors (Lipinski definition) is 3. The Morgan fingerprint density at radius 1 is 1.00 bits per heavy atom. The van der Waals surface area contributed by atoms with E-state index in [1.54, 1.807) is 4.68 Å². The summed E-state index contributed by atoms with van der Waals surface area (Å²) in [7, 11) is 0. The third kappa shape index (κ3) is 4.28. The van der Waals surface area contributed by atoms with Crippen molar-refractivity contribution in [1.29, 1.82) is 0 Å². The first-order chi connectivity index (χ1) is 11.8. The van der Waals surface area contributed by atoms with Crippen LogP contribution < -0.4 is 0 Å². The van der Waals surface area contributed by atoms with Crippen LogP contribution in [0.4, 0.5) is 0 Å². The summed E-state index contributed by atoms with van der Waals surface area (Å²) in [5.74, 6) is 0.720. The zero-order valence-electron chi connectivity index (χ0n) is 13.8. The van der Waals surface area contributed by atoms with Crippen molar-refractivity contribution in [2.45, 2.75) is 26.3 Å². The molecule has 3 rings (SSSR count). The van der Waals surface area contributed by atoms with E-state index in [-0.39, 0.29) is 0 Å². The van der Waals surface area contributed by atoms with Gasteiger partial charge in [-0.1, -0.05) is 67.6 Å². The molecular formula is C20H20N4. The largest absolute Gasteiger partial charge is 0.221 e. The third-order valence-corrected chi connectivity index (χ3v) is 3.83. The molecule has 2 aromatic carbocycles. The van der Waals surface area contributed by atoms with E-state index in [0.717, 1.165) is 18.7 Å². The number of allylic oxidation sites excluding steroid dienone is 1. The first kappa shape index (κ1) is 15.9. The zero-order valence-corrected chi connectivity index (χ0v) is 13.8. The van der Waals surface area contributed by atoms with Crippen LogP contribution in [0, 0.1) is 0 Å². The van der Waals surface area contributed by atoms with Gasteiger partial charge in [0.05, 0.1) is 6.54 Å². The lowest BCUT2D eigenvalue weighted by atomic mass is 10.0. The molecule has 4 nitrogen and oxygen atoms in total. The lowest BCUT2D eigenvalue weighted by molar-refractivity contribution is 0.644. The highest BCUT2D eigenvalue weighted by Crippen LogP contribution is 2.11. The fourth-order valence-corrected chi connectivity index (χ4v) is 2.47. The monoisotopic (exact) mass is 316 g/mol. The van der Waals surface area contributed by atoms with Crippen LogP contribution in [-0.2, 0) is 13.0 Å². The van der Waals surface area contributed by atoms with E-state index < -0.39 is 0 Å². The van der Waals surface area contributed by atoms with Crippen molar-refractivity contribution in [3.05, 3.63) is 88.9 Å². The van der Waals surface area contributed by atoms with Gasteiger partial charge in [0.1, 0.15) is 0 Å². The van der Waals surface area contributed by atoms with Crippen molar-refractivity contribution in [2.75, 3.05) is 0 Å². The molecule has 0 aliphatic carbocycles. The molecule has 3 aromatic rings. The lowest BCUT2D eigenvalue weighted by Gasteiger charge is -2.02. The minimum absolute atomic E-state index is 0.654. The highest BCUT2D eigenvalue weighted by molar-refractivity contribution is 5.40. The van der Waals surface area contributed by atoms with Gasteiger partial charge in [0.25, 0.3) is 0 Å². The molecule has 0 unspecified atom stereocenters. The Labute approximate surface area is 142 Å². The van der Waals surface area contributed by atoms with Gasteiger partial charge in [0.15, 0.2) is 5.82 Å². The van der Waals surface area contributed by atoms with E-state index >= 15 is 0 Å². The number of rotatable bonds is 6. The van der Waals surface area contributed by atoms with E-state index in [9.17, 15) is 0 Å². The maximum atomic E-state index is 4.10. The zero-order chi connectivity index (χ0) is 16.6. The summed E-state index contributed by atoms with van der Waals surface area (Å²) in [5.41, 5.74) is 7.07. The number of hydrogen-bond donors (Lipinski definition) is 0. The van der Waals surface area contributed by atoms with Crippen molar-refractivity contribution >= 4 is 6.08 Å². The van der Waals surface area contributed by atoms with Crippen LogP contribution in [0.3, 0.4) is 0 Å². The van der Waals surface area contributed by atoms with Crippen LogP contribution in [0.1, 0.15) is 30.3 Å². The number of benzene rings is 2. The highest BCUT2D eigenvalue weighted by Gasteiger charge is 2.03. The van der Waals surface area contributed by atoms with Gasteiger partial charge in [-0.3, -0.25) is 0 Å². The topological polar surface area (TPSA) is 43.6 Å². The van der Waals surface area contributed by atoms with Crippen LogP contribution in [-0.4, -0.2) is 20.2 Å². The predicted molar refractivity (Wildman–Crippen MR) is 95.3 cm³/mol. The van der Waals surface area contributed by atoms with Gasteiger partial charge in [-0.2, -0.15) is 0 Å². The van der Waals surface area contributed by atoms with Gasteiger partial charge in [-0.15, -0.1) is 10.8 Å². The summed E-state index contributed by atoms with van der Waals surface area (Å²) < 4.78 is 1.79. The molecule has 0 fully saturated rings. The van der Waals surface area contributed by atoms with Gasteiger partial charge in [-0.05, 0) is 33.5 Å². The fraction of sp³-hybridized carbons (Fsp3) is 0.200. The number of tetrazole rings is 1. The van der Waals surface area contributed by atoms with Crippen LogP contribution >= 0.6 is 0 Å². The molecule has 0 N–H and O–H groups in total. The first-order valence-electron chi connectivity index (χ1n) is 8.13. The van der Waals surface area contributed by atoms with Gasteiger partial charge in [0.2, 0.25) is 0 Å².